The van der Waals surface area contributed by atoms with Crippen molar-refractivity contribution in [3.8, 4) is 0 Å². The normalized spacial score (nSPS) is 27.8. The molecule has 3 heterocycles. The number of carbonyl (C=O) groups excluding carboxylic acids is 2. The first-order chi connectivity index (χ1) is 14.0. The lowest BCUT2D eigenvalue weighted by Crippen LogP contribution is -2.63. The Morgan fingerprint density at radius 3 is 2.76 bits per heavy atom. The summed E-state index contributed by atoms with van der Waals surface area (Å²) < 4.78 is 5.41. The van der Waals surface area contributed by atoms with E-state index in [0.29, 0.717) is 32.1 Å². The van der Waals surface area contributed by atoms with Crippen molar-refractivity contribution in [2.45, 2.75) is 31.1 Å². The fourth-order valence-corrected chi connectivity index (χ4v) is 4.61. The second-order valence-electron chi connectivity index (χ2n) is 8.38. The fraction of sp³-hybridized carbons (Fsp3) is 0.619. The van der Waals surface area contributed by atoms with E-state index in [1.165, 1.54) is 5.56 Å². The second-order valence-corrected chi connectivity index (χ2v) is 8.38. The topological polar surface area (TPSA) is 77.2 Å². The van der Waals surface area contributed by atoms with Gasteiger partial charge in [0.15, 0.2) is 0 Å². The summed E-state index contributed by atoms with van der Waals surface area (Å²) in [7, 11) is 4.11. The van der Waals surface area contributed by atoms with Crippen molar-refractivity contribution in [2.75, 3.05) is 58.4 Å². The highest BCUT2D eigenvalue weighted by molar-refractivity contribution is 5.96. The lowest BCUT2D eigenvalue weighted by atomic mass is 10.0. The zero-order chi connectivity index (χ0) is 20.4. The number of likely N-dealkylation sites (N-methyl/N-ethyl adjacent to an activating group) is 1. The van der Waals surface area contributed by atoms with Gasteiger partial charge in [-0.05, 0) is 25.7 Å². The number of hydrogen-bond acceptors (Lipinski definition) is 6. The van der Waals surface area contributed by atoms with Gasteiger partial charge in [-0.1, -0.05) is 18.2 Å². The molecule has 3 atom stereocenters. The van der Waals surface area contributed by atoms with Crippen LogP contribution < -0.4 is 15.5 Å². The van der Waals surface area contributed by atoms with E-state index >= 15 is 0 Å². The van der Waals surface area contributed by atoms with Gasteiger partial charge in [0.1, 0.15) is 0 Å². The summed E-state index contributed by atoms with van der Waals surface area (Å²) in [5, 5.41) is 6.40. The molecule has 2 saturated heterocycles. The van der Waals surface area contributed by atoms with Gasteiger partial charge in [-0.25, -0.2) is 0 Å². The molecule has 8 heteroatoms. The van der Waals surface area contributed by atoms with Crippen molar-refractivity contribution < 1.29 is 14.3 Å². The highest BCUT2D eigenvalue weighted by Gasteiger charge is 2.36. The lowest BCUT2D eigenvalue weighted by Gasteiger charge is -2.40. The highest BCUT2D eigenvalue weighted by Crippen LogP contribution is 2.36. The molecule has 2 amide bonds. The van der Waals surface area contributed by atoms with Crippen LogP contribution in [0.15, 0.2) is 24.3 Å². The smallest absolute Gasteiger partial charge is 0.230 e. The van der Waals surface area contributed by atoms with E-state index in [9.17, 15) is 9.59 Å². The number of anilines is 1. The minimum absolute atomic E-state index is 0.00894. The van der Waals surface area contributed by atoms with Crippen molar-refractivity contribution >= 4 is 17.5 Å². The molecule has 3 aliphatic heterocycles. The zero-order valence-corrected chi connectivity index (χ0v) is 17.3. The van der Waals surface area contributed by atoms with Crippen LogP contribution in [0, 0.1) is 0 Å². The number of carbonyl (C=O) groups is 2. The first-order valence-electron chi connectivity index (χ1n) is 10.4. The number of para-hydroxylation sites is 1. The molecule has 0 saturated carbocycles. The van der Waals surface area contributed by atoms with Gasteiger partial charge < -0.3 is 19.9 Å². The van der Waals surface area contributed by atoms with Crippen LogP contribution >= 0.6 is 0 Å². The summed E-state index contributed by atoms with van der Waals surface area (Å²) in [6, 6.07) is 8.15. The van der Waals surface area contributed by atoms with Crippen LogP contribution in [0.4, 0.5) is 5.69 Å². The quantitative estimate of drug-likeness (QED) is 0.732. The summed E-state index contributed by atoms with van der Waals surface area (Å²) >= 11 is 0. The van der Waals surface area contributed by atoms with Gasteiger partial charge >= 0.3 is 0 Å². The Kier molecular flexibility index (Phi) is 6.15. The Labute approximate surface area is 172 Å². The summed E-state index contributed by atoms with van der Waals surface area (Å²) in [5.41, 5.74) is 2.22. The third-order valence-electron chi connectivity index (χ3n) is 5.93. The second kappa shape index (κ2) is 8.79. The summed E-state index contributed by atoms with van der Waals surface area (Å²) in [4.78, 5) is 31.7. The average molecular weight is 402 g/mol. The van der Waals surface area contributed by atoms with E-state index in [0.717, 1.165) is 25.3 Å². The lowest BCUT2D eigenvalue weighted by molar-refractivity contribution is -0.128. The molecule has 0 bridgehead atoms. The van der Waals surface area contributed by atoms with Crippen LogP contribution in [-0.2, 0) is 14.3 Å². The van der Waals surface area contributed by atoms with Gasteiger partial charge in [0.2, 0.25) is 11.8 Å². The van der Waals surface area contributed by atoms with E-state index in [2.05, 4.69) is 40.6 Å². The van der Waals surface area contributed by atoms with Gasteiger partial charge in [0.25, 0.3) is 0 Å². The number of ether oxygens (including phenoxy) is 1. The number of fused-ring (bicyclic) bond motifs is 1. The van der Waals surface area contributed by atoms with Gasteiger partial charge in [0.05, 0.1) is 38.4 Å². The van der Waals surface area contributed by atoms with E-state index in [-0.39, 0.29) is 30.6 Å². The molecule has 3 aliphatic rings. The number of benzene rings is 1. The molecule has 0 aliphatic carbocycles. The predicted octanol–water partition coefficient (Wildman–Crippen LogP) is 0.162. The molecule has 158 valence electrons. The monoisotopic (exact) mass is 401 g/mol. The molecule has 1 aromatic carbocycles. The average Bonchev–Trinajstić information content (AvgIpc) is 3.06. The van der Waals surface area contributed by atoms with Gasteiger partial charge in [-0.15, -0.1) is 0 Å². The number of hydrogen-bond donors (Lipinski definition) is 2. The van der Waals surface area contributed by atoms with Crippen molar-refractivity contribution in [3.05, 3.63) is 29.8 Å². The highest BCUT2D eigenvalue weighted by atomic mass is 16.5. The Hall–Kier alpha value is -2.00. The Morgan fingerprint density at radius 2 is 2.00 bits per heavy atom. The zero-order valence-electron chi connectivity index (χ0n) is 17.3. The molecule has 1 aromatic rings. The Balaban J connectivity index is 1.42. The van der Waals surface area contributed by atoms with E-state index in [4.69, 9.17) is 4.74 Å². The minimum Gasteiger partial charge on any atom is -0.379 e. The van der Waals surface area contributed by atoms with Gasteiger partial charge in [-0.3, -0.25) is 19.8 Å². The number of nitrogens with zero attached hydrogens (tertiary/aromatic N) is 3. The van der Waals surface area contributed by atoms with Crippen LogP contribution in [0.5, 0.6) is 0 Å². The molecular formula is C21H31N5O3. The predicted molar refractivity (Wildman–Crippen MR) is 111 cm³/mol. The van der Waals surface area contributed by atoms with Crippen LogP contribution in [0.2, 0.25) is 0 Å². The first kappa shape index (κ1) is 20.3. The maximum Gasteiger partial charge on any atom is 0.230 e. The third kappa shape index (κ3) is 4.61. The number of rotatable bonds is 5. The summed E-state index contributed by atoms with van der Waals surface area (Å²) in [5.74, 6) is 0.338. The van der Waals surface area contributed by atoms with E-state index < -0.39 is 0 Å². The van der Waals surface area contributed by atoms with E-state index in [1.807, 2.05) is 23.1 Å². The number of morpholine rings is 1. The molecule has 8 nitrogen and oxygen atoms in total. The van der Waals surface area contributed by atoms with Crippen LogP contribution in [-0.4, -0.2) is 87.4 Å². The van der Waals surface area contributed by atoms with E-state index in [1.54, 1.807) is 0 Å². The summed E-state index contributed by atoms with van der Waals surface area (Å²) in [6.07, 6.45) is 0.257. The van der Waals surface area contributed by atoms with Gasteiger partial charge in [0, 0.05) is 37.8 Å². The SMILES string of the molecule is CN(C)CC1CN(C(=O)CC2NC(=O)CC(N3CCOCC3)N2)c2ccccc21. The van der Waals surface area contributed by atoms with Crippen LogP contribution in [0.25, 0.3) is 0 Å². The van der Waals surface area contributed by atoms with Crippen molar-refractivity contribution in [1.82, 2.24) is 20.4 Å². The molecule has 29 heavy (non-hydrogen) atoms. The summed E-state index contributed by atoms with van der Waals surface area (Å²) in [6.45, 7) is 4.55. The number of amides is 2. The molecule has 2 fully saturated rings. The van der Waals surface area contributed by atoms with Crippen LogP contribution in [0.1, 0.15) is 24.3 Å². The molecule has 0 aromatic heterocycles. The fourth-order valence-electron chi connectivity index (χ4n) is 4.61. The molecule has 2 N–H and O–H groups in total. The van der Waals surface area contributed by atoms with Crippen molar-refractivity contribution in [3.63, 3.8) is 0 Å². The molecule has 0 spiro atoms. The third-order valence-corrected chi connectivity index (χ3v) is 5.93. The maximum atomic E-state index is 13.2. The van der Waals surface area contributed by atoms with Crippen molar-refractivity contribution in [2.24, 2.45) is 0 Å². The largest absolute Gasteiger partial charge is 0.379 e. The van der Waals surface area contributed by atoms with Crippen molar-refractivity contribution in [1.29, 1.82) is 0 Å². The molecule has 4 rings (SSSR count). The molecule has 0 radical (unpaired) electrons. The Bertz CT molecular complexity index is 750. The van der Waals surface area contributed by atoms with Gasteiger partial charge in [-0.2, -0.15) is 0 Å². The molecule has 3 unspecified atom stereocenters. The Morgan fingerprint density at radius 1 is 1.24 bits per heavy atom. The standard InChI is InChI=1S/C21H31N5O3/c1-24(2)13-15-14-26(17-6-4-3-5-16(15)17)21(28)11-18-22-19(12-20(27)23-18)25-7-9-29-10-8-25/h3-6,15,18-19,22H,7-14H2,1-2H3,(H,23,27). The van der Waals surface area contributed by atoms with Crippen LogP contribution in [0.3, 0.4) is 0 Å². The molecular weight excluding hydrogens is 370 g/mol. The minimum atomic E-state index is -0.350. The maximum absolute atomic E-state index is 13.2. The first-order valence-corrected chi connectivity index (χ1v) is 10.4. The number of nitrogens with one attached hydrogen (secondary N) is 2.